The number of nitrogens with one attached hydrogen (secondary N) is 1. The number of nitriles is 1. The molecule has 4 rings (SSSR count). The molecule has 0 aromatic rings. The zero-order chi connectivity index (χ0) is 11.2. The Morgan fingerprint density at radius 2 is 1.69 bits per heavy atom. The molecule has 4 aliphatic rings. The highest BCUT2D eigenvalue weighted by Crippen LogP contribution is 2.55. The fraction of sp³-hybridized carbons (Fsp3) is 0.929. The van der Waals surface area contributed by atoms with Crippen LogP contribution in [-0.4, -0.2) is 11.6 Å². The Kier molecular flexibility index (Phi) is 2.47. The molecule has 4 saturated carbocycles. The van der Waals surface area contributed by atoms with Crippen LogP contribution in [0, 0.1) is 29.1 Å². The van der Waals surface area contributed by atoms with Gasteiger partial charge in [0.25, 0.3) is 0 Å². The maximum absolute atomic E-state index is 8.76. The average Bonchev–Trinajstić information content (AvgIpc) is 2.13. The minimum atomic E-state index is 0.376. The quantitative estimate of drug-likeness (QED) is 0.790. The van der Waals surface area contributed by atoms with Crippen LogP contribution in [0.25, 0.3) is 0 Å². The van der Waals surface area contributed by atoms with E-state index in [-0.39, 0.29) is 0 Å². The Bertz CT molecular complexity index is 280. The van der Waals surface area contributed by atoms with Crippen LogP contribution in [-0.2, 0) is 0 Å². The van der Waals surface area contributed by atoms with Crippen LogP contribution in [0.4, 0.5) is 0 Å². The summed E-state index contributed by atoms with van der Waals surface area (Å²) in [7, 11) is 0. The highest BCUT2D eigenvalue weighted by atomic mass is 15.0. The molecule has 0 spiro atoms. The summed E-state index contributed by atoms with van der Waals surface area (Å²) < 4.78 is 0. The van der Waals surface area contributed by atoms with Crippen LogP contribution in [0.15, 0.2) is 0 Å². The van der Waals surface area contributed by atoms with Crippen LogP contribution < -0.4 is 5.32 Å². The minimum Gasteiger partial charge on any atom is -0.308 e. The summed E-state index contributed by atoms with van der Waals surface area (Å²) in [5.74, 6) is 2.98. The summed E-state index contributed by atoms with van der Waals surface area (Å²) in [6.45, 7) is 2.17. The van der Waals surface area contributed by atoms with E-state index in [1.54, 1.807) is 0 Å². The standard InChI is InChI=1S/C14H22N2/c1-10(2-3-15)16-14-7-11-4-12(8-14)6-13(5-11)9-14/h10-13,16H,2,4-9H2,1H3. The maximum Gasteiger partial charge on any atom is 0.0638 e. The van der Waals surface area contributed by atoms with Gasteiger partial charge in [0.15, 0.2) is 0 Å². The second-order valence-corrected chi connectivity index (χ2v) is 6.61. The summed E-state index contributed by atoms with van der Waals surface area (Å²) >= 11 is 0. The second-order valence-electron chi connectivity index (χ2n) is 6.61. The first-order chi connectivity index (χ1) is 7.69. The monoisotopic (exact) mass is 218 g/mol. The minimum absolute atomic E-state index is 0.376. The van der Waals surface area contributed by atoms with Gasteiger partial charge in [-0.2, -0.15) is 5.26 Å². The molecule has 0 radical (unpaired) electrons. The van der Waals surface area contributed by atoms with E-state index in [0.29, 0.717) is 18.0 Å². The molecule has 88 valence electrons. The van der Waals surface area contributed by atoms with Gasteiger partial charge in [-0.1, -0.05) is 0 Å². The van der Waals surface area contributed by atoms with Crippen molar-refractivity contribution in [2.45, 2.75) is 63.5 Å². The summed E-state index contributed by atoms with van der Waals surface area (Å²) in [6.07, 6.45) is 9.29. The smallest absolute Gasteiger partial charge is 0.0638 e. The van der Waals surface area contributed by atoms with E-state index in [1.165, 1.54) is 38.5 Å². The first-order valence-electron chi connectivity index (χ1n) is 6.84. The second kappa shape index (κ2) is 3.74. The first kappa shape index (κ1) is 10.6. The molecule has 2 nitrogen and oxygen atoms in total. The normalized spacial score (nSPS) is 46.6. The molecule has 1 unspecified atom stereocenters. The SMILES string of the molecule is CC(CC#N)NC12CC3CC(CC(C3)C1)C2. The average molecular weight is 218 g/mol. The first-order valence-corrected chi connectivity index (χ1v) is 6.84. The predicted molar refractivity (Wildman–Crippen MR) is 63.7 cm³/mol. The topological polar surface area (TPSA) is 35.8 Å². The van der Waals surface area contributed by atoms with E-state index >= 15 is 0 Å². The van der Waals surface area contributed by atoms with Gasteiger partial charge in [0, 0.05) is 11.6 Å². The summed E-state index contributed by atoms with van der Waals surface area (Å²) in [5, 5.41) is 12.6. The van der Waals surface area contributed by atoms with E-state index in [2.05, 4.69) is 18.3 Å². The van der Waals surface area contributed by atoms with Gasteiger partial charge in [-0.15, -0.1) is 0 Å². The predicted octanol–water partition coefficient (Wildman–Crippen LogP) is 2.85. The van der Waals surface area contributed by atoms with Crippen molar-refractivity contribution in [3.8, 4) is 6.07 Å². The Hall–Kier alpha value is -0.550. The van der Waals surface area contributed by atoms with Crippen molar-refractivity contribution in [3.63, 3.8) is 0 Å². The van der Waals surface area contributed by atoms with Crippen LogP contribution in [0.3, 0.4) is 0 Å². The Morgan fingerprint density at radius 1 is 1.19 bits per heavy atom. The fourth-order valence-corrected chi connectivity index (χ4v) is 5.00. The summed E-state index contributed by atoms with van der Waals surface area (Å²) in [5.41, 5.74) is 0.422. The van der Waals surface area contributed by atoms with Gasteiger partial charge in [0.1, 0.15) is 0 Å². The van der Waals surface area contributed by atoms with Gasteiger partial charge >= 0.3 is 0 Å². The van der Waals surface area contributed by atoms with Gasteiger partial charge in [-0.05, 0) is 63.2 Å². The Morgan fingerprint density at radius 3 is 2.12 bits per heavy atom. The van der Waals surface area contributed by atoms with E-state index in [1.807, 2.05) is 0 Å². The number of hydrogen-bond acceptors (Lipinski definition) is 2. The van der Waals surface area contributed by atoms with Crippen molar-refractivity contribution in [2.75, 3.05) is 0 Å². The van der Waals surface area contributed by atoms with Crippen LogP contribution in [0.1, 0.15) is 51.9 Å². The highest BCUT2D eigenvalue weighted by molar-refractivity contribution is 5.07. The zero-order valence-electron chi connectivity index (χ0n) is 10.2. The van der Waals surface area contributed by atoms with Crippen molar-refractivity contribution < 1.29 is 0 Å². The molecule has 4 aliphatic carbocycles. The lowest BCUT2D eigenvalue weighted by Gasteiger charge is -2.57. The van der Waals surface area contributed by atoms with Crippen molar-refractivity contribution in [2.24, 2.45) is 17.8 Å². The lowest BCUT2D eigenvalue weighted by atomic mass is 9.53. The lowest BCUT2D eigenvalue weighted by Crippen LogP contribution is -2.60. The van der Waals surface area contributed by atoms with Gasteiger partial charge in [-0.3, -0.25) is 0 Å². The molecule has 0 aromatic carbocycles. The molecule has 0 heterocycles. The molecule has 0 aromatic heterocycles. The molecule has 0 saturated heterocycles. The van der Waals surface area contributed by atoms with Crippen LogP contribution >= 0.6 is 0 Å². The molecule has 4 fully saturated rings. The molecule has 1 atom stereocenters. The van der Waals surface area contributed by atoms with Crippen molar-refractivity contribution in [1.82, 2.24) is 5.32 Å². The molecule has 0 amide bonds. The van der Waals surface area contributed by atoms with E-state index < -0.39 is 0 Å². The number of rotatable bonds is 3. The van der Waals surface area contributed by atoms with Gasteiger partial charge in [-0.25, -0.2) is 0 Å². The molecule has 16 heavy (non-hydrogen) atoms. The fourth-order valence-electron chi connectivity index (χ4n) is 5.00. The van der Waals surface area contributed by atoms with E-state index in [4.69, 9.17) is 5.26 Å². The molecular weight excluding hydrogens is 196 g/mol. The Labute approximate surface area is 98.4 Å². The van der Waals surface area contributed by atoms with E-state index in [0.717, 1.165) is 17.8 Å². The third-order valence-electron chi connectivity index (χ3n) is 4.99. The lowest BCUT2D eigenvalue weighted by molar-refractivity contribution is -0.0240. The van der Waals surface area contributed by atoms with Gasteiger partial charge in [0.2, 0.25) is 0 Å². The van der Waals surface area contributed by atoms with Crippen molar-refractivity contribution in [3.05, 3.63) is 0 Å². The Balaban J connectivity index is 1.71. The molecule has 0 aliphatic heterocycles. The molecule has 1 N–H and O–H groups in total. The summed E-state index contributed by atoms with van der Waals surface area (Å²) in [6, 6.07) is 2.66. The van der Waals surface area contributed by atoms with Crippen LogP contribution in [0.5, 0.6) is 0 Å². The third-order valence-corrected chi connectivity index (χ3v) is 4.99. The van der Waals surface area contributed by atoms with Gasteiger partial charge in [0.05, 0.1) is 12.5 Å². The number of hydrogen-bond donors (Lipinski definition) is 1. The molecule has 4 bridgehead atoms. The number of nitrogens with zero attached hydrogens (tertiary/aromatic N) is 1. The largest absolute Gasteiger partial charge is 0.308 e. The third kappa shape index (κ3) is 1.76. The molecular formula is C14H22N2. The van der Waals surface area contributed by atoms with E-state index in [9.17, 15) is 0 Å². The van der Waals surface area contributed by atoms with Crippen LogP contribution in [0.2, 0.25) is 0 Å². The van der Waals surface area contributed by atoms with Crippen molar-refractivity contribution in [1.29, 1.82) is 5.26 Å². The highest BCUT2D eigenvalue weighted by Gasteiger charge is 2.50. The summed E-state index contributed by atoms with van der Waals surface area (Å²) in [4.78, 5) is 0. The zero-order valence-corrected chi connectivity index (χ0v) is 10.2. The van der Waals surface area contributed by atoms with Gasteiger partial charge < -0.3 is 5.32 Å². The molecule has 2 heteroatoms. The maximum atomic E-state index is 8.76. The van der Waals surface area contributed by atoms with Crippen molar-refractivity contribution >= 4 is 0 Å².